The highest BCUT2D eigenvalue weighted by molar-refractivity contribution is 9.10. The number of rotatable bonds is 4. The first-order valence-electron chi connectivity index (χ1n) is 6.67. The average molecular weight is 344 g/mol. The quantitative estimate of drug-likeness (QED) is 0.902. The lowest BCUT2D eigenvalue weighted by atomic mass is 10.1. The van der Waals surface area contributed by atoms with Crippen molar-refractivity contribution >= 4 is 15.9 Å². The van der Waals surface area contributed by atoms with Crippen LogP contribution in [0.2, 0.25) is 0 Å². The largest absolute Gasteiger partial charge is 0.454 e. The van der Waals surface area contributed by atoms with Gasteiger partial charge in [0.25, 0.3) is 0 Å². The van der Waals surface area contributed by atoms with Crippen LogP contribution in [0, 0.1) is 0 Å². The van der Waals surface area contributed by atoms with Gasteiger partial charge in [-0.05, 0) is 40.0 Å². The Morgan fingerprint density at radius 1 is 1.45 bits per heavy atom. The molecule has 2 atom stereocenters. The summed E-state index contributed by atoms with van der Waals surface area (Å²) >= 11 is 3.51. The first-order chi connectivity index (χ1) is 9.71. The van der Waals surface area contributed by atoms with E-state index in [1.807, 2.05) is 12.1 Å². The summed E-state index contributed by atoms with van der Waals surface area (Å²) in [6.07, 6.45) is 1.07. The minimum absolute atomic E-state index is 0.157. The summed E-state index contributed by atoms with van der Waals surface area (Å²) in [7, 11) is 1.72. The third-order valence-corrected chi connectivity index (χ3v) is 4.50. The standard InChI is InChI=1S/C14H18BrNO4/c1-18-11-4-10(7-17)16(6-11)5-9-2-12(15)14-13(3-9)19-8-20-14/h2-3,10-11,17H,4-8H2,1H3/t10-,11-/m0/s1. The maximum absolute atomic E-state index is 9.49. The van der Waals surface area contributed by atoms with Crippen LogP contribution in [-0.4, -0.2) is 49.2 Å². The van der Waals surface area contributed by atoms with Gasteiger partial charge in [0.1, 0.15) is 0 Å². The lowest BCUT2D eigenvalue weighted by Crippen LogP contribution is -2.31. The van der Waals surface area contributed by atoms with Gasteiger partial charge < -0.3 is 19.3 Å². The summed E-state index contributed by atoms with van der Waals surface area (Å²) in [4.78, 5) is 2.25. The highest BCUT2D eigenvalue weighted by Gasteiger charge is 2.32. The average Bonchev–Trinajstić information content (AvgIpc) is 3.05. The molecular formula is C14H18BrNO4. The van der Waals surface area contributed by atoms with Crippen molar-refractivity contribution in [3.8, 4) is 11.5 Å². The van der Waals surface area contributed by atoms with Gasteiger partial charge in [-0.1, -0.05) is 0 Å². The highest BCUT2D eigenvalue weighted by atomic mass is 79.9. The molecule has 3 rings (SSSR count). The first kappa shape index (κ1) is 14.1. The molecule has 1 saturated heterocycles. The van der Waals surface area contributed by atoms with Crippen LogP contribution in [0.1, 0.15) is 12.0 Å². The zero-order chi connectivity index (χ0) is 14.1. The lowest BCUT2D eigenvalue weighted by Gasteiger charge is -2.22. The number of hydrogen-bond acceptors (Lipinski definition) is 5. The molecule has 6 heteroatoms. The maximum Gasteiger partial charge on any atom is 0.231 e. The molecule has 1 aromatic carbocycles. The number of likely N-dealkylation sites (tertiary alicyclic amines) is 1. The van der Waals surface area contributed by atoms with Crippen molar-refractivity contribution in [2.45, 2.75) is 25.1 Å². The summed E-state index contributed by atoms with van der Waals surface area (Å²) < 4.78 is 17.1. The summed E-state index contributed by atoms with van der Waals surface area (Å²) in [5.41, 5.74) is 1.14. The number of fused-ring (bicyclic) bond motifs is 1. The van der Waals surface area contributed by atoms with Gasteiger partial charge in [-0.15, -0.1) is 0 Å². The summed E-state index contributed by atoms with van der Waals surface area (Å²) in [5, 5.41) is 9.49. The van der Waals surface area contributed by atoms with Gasteiger partial charge in [0.15, 0.2) is 11.5 Å². The van der Waals surface area contributed by atoms with Crippen LogP contribution < -0.4 is 9.47 Å². The Morgan fingerprint density at radius 3 is 3.05 bits per heavy atom. The number of aliphatic hydroxyl groups excluding tert-OH is 1. The van der Waals surface area contributed by atoms with E-state index >= 15 is 0 Å². The summed E-state index contributed by atoms with van der Waals surface area (Å²) in [6, 6.07) is 4.20. The van der Waals surface area contributed by atoms with Crippen LogP contribution >= 0.6 is 15.9 Å². The number of methoxy groups -OCH3 is 1. The number of halogens is 1. The molecule has 2 aliphatic rings. The molecule has 2 heterocycles. The molecule has 2 aliphatic heterocycles. The second kappa shape index (κ2) is 5.89. The monoisotopic (exact) mass is 343 g/mol. The van der Waals surface area contributed by atoms with Crippen molar-refractivity contribution in [2.24, 2.45) is 0 Å². The van der Waals surface area contributed by atoms with Crippen LogP contribution in [0.15, 0.2) is 16.6 Å². The van der Waals surface area contributed by atoms with Crippen LogP contribution in [0.3, 0.4) is 0 Å². The van der Waals surface area contributed by atoms with E-state index in [0.29, 0.717) is 0 Å². The Bertz CT molecular complexity index is 496. The normalized spacial score (nSPS) is 25.4. The third-order valence-electron chi connectivity index (χ3n) is 3.91. The highest BCUT2D eigenvalue weighted by Crippen LogP contribution is 2.40. The molecule has 1 N–H and O–H groups in total. The van der Waals surface area contributed by atoms with Crippen molar-refractivity contribution in [2.75, 3.05) is 27.1 Å². The van der Waals surface area contributed by atoms with Crippen molar-refractivity contribution in [3.05, 3.63) is 22.2 Å². The van der Waals surface area contributed by atoms with E-state index in [1.165, 1.54) is 0 Å². The smallest absolute Gasteiger partial charge is 0.231 e. The van der Waals surface area contributed by atoms with Gasteiger partial charge in [0.05, 0.1) is 17.2 Å². The Labute approximate surface area is 126 Å². The van der Waals surface area contributed by atoms with Gasteiger partial charge in [-0.25, -0.2) is 0 Å². The predicted molar refractivity (Wildman–Crippen MR) is 77.0 cm³/mol. The van der Waals surface area contributed by atoms with E-state index in [4.69, 9.17) is 14.2 Å². The molecule has 0 unspecified atom stereocenters. The van der Waals surface area contributed by atoms with Crippen molar-refractivity contribution in [3.63, 3.8) is 0 Å². The molecule has 0 saturated carbocycles. The fraction of sp³-hybridized carbons (Fsp3) is 0.571. The molecule has 0 spiro atoms. The molecule has 20 heavy (non-hydrogen) atoms. The van der Waals surface area contributed by atoms with Crippen LogP contribution in [0.25, 0.3) is 0 Å². The van der Waals surface area contributed by atoms with Gasteiger partial charge in [-0.2, -0.15) is 0 Å². The number of ether oxygens (including phenoxy) is 3. The number of aliphatic hydroxyl groups is 1. The number of benzene rings is 1. The van der Waals surface area contributed by atoms with E-state index in [9.17, 15) is 5.11 Å². The molecule has 5 nitrogen and oxygen atoms in total. The van der Waals surface area contributed by atoms with E-state index < -0.39 is 0 Å². The number of nitrogens with zero attached hydrogens (tertiary/aromatic N) is 1. The molecule has 0 bridgehead atoms. The van der Waals surface area contributed by atoms with Gasteiger partial charge >= 0.3 is 0 Å². The van der Waals surface area contributed by atoms with E-state index in [1.54, 1.807) is 7.11 Å². The maximum atomic E-state index is 9.49. The fourth-order valence-corrected chi connectivity index (χ4v) is 3.44. The molecule has 0 amide bonds. The van der Waals surface area contributed by atoms with E-state index in [0.717, 1.165) is 41.0 Å². The second-order valence-electron chi connectivity index (χ2n) is 5.17. The molecule has 0 aromatic heterocycles. The predicted octanol–water partition coefficient (Wildman–Crippen LogP) is 1.76. The minimum atomic E-state index is 0.157. The van der Waals surface area contributed by atoms with Crippen molar-refractivity contribution in [1.82, 2.24) is 4.90 Å². The Morgan fingerprint density at radius 2 is 2.30 bits per heavy atom. The zero-order valence-electron chi connectivity index (χ0n) is 11.3. The van der Waals surface area contributed by atoms with Crippen molar-refractivity contribution < 1.29 is 19.3 Å². The molecular weight excluding hydrogens is 326 g/mol. The van der Waals surface area contributed by atoms with Crippen LogP contribution in [0.5, 0.6) is 11.5 Å². The van der Waals surface area contributed by atoms with Crippen LogP contribution in [-0.2, 0) is 11.3 Å². The Balaban J connectivity index is 1.76. The second-order valence-corrected chi connectivity index (χ2v) is 6.03. The fourth-order valence-electron chi connectivity index (χ4n) is 2.84. The molecule has 1 fully saturated rings. The SMILES string of the molecule is CO[C@H]1C[C@@H](CO)N(Cc2cc(Br)c3c(c2)OCO3)C1. The third kappa shape index (κ3) is 2.65. The molecule has 1 aromatic rings. The Kier molecular flexibility index (Phi) is 4.16. The lowest BCUT2D eigenvalue weighted by molar-refractivity contribution is 0.107. The Hall–Kier alpha value is -0.820. The number of hydrogen-bond donors (Lipinski definition) is 1. The van der Waals surface area contributed by atoms with Gasteiger partial charge in [0, 0.05) is 26.2 Å². The minimum Gasteiger partial charge on any atom is -0.454 e. The van der Waals surface area contributed by atoms with E-state index in [2.05, 4.69) is 20.8 Å². The summed E-state index contributed by atoms with van der Waals surface area (Å²) in [6.45, 7) is 2.03. The van der Waals surface area contributed by atoms with Crippen LogP contribution in [0.4, 0.5) is 0 Å². The summed E-state index contributed by atoms with van der Waals surface area (Å²) in [5.74, 6) is 1.54. The van der Waals surface area contributed by atoms with Gasteiger partial charge in [0.2, 0.25) is 6.79 Å². The molecule has 0 aliphatic carbocycles. The topological polar surface area (TPSA) is 51.2 Å². The molecule has 0 radical (unpaired) electrons. The van der Waals surface area contributed by atoms with Gasteiger partial charge in [-0.3, -0.25) is 4.90 Å². The van der Waals surface area contributed by atoms with Crippen molar-refractivity contribution in [1.29, 1.82) is 0 Å². The zero-order valence-corrected chi connectivity index (χ0v) is 12.9. The van der Waals surface area contributed by atoms with E-state index in [-0.39, 0.29) is 25.5 Å². The first-order valence-corrected chi connectivity index (χ1v) is 7.46. The molecule has 110 valence electrons.